The molecule has 0 radical (unpaired) electrons. The molecule has 0 saturated heterocycles. The number of ketones is 2. The number of nitrogens with zero attached hydrogens (tertiary/aromatic N) is 3. The lowest BCUT2D eigenvalue weighted by atomic mass is 9.38. The monoisotopic (exact) mass is 573 g/mol. The van der Waals surface area contributed by atoms with E-state index in [0.717, 1.165) is 50.5 Å². The Bertz CT molecular complexity index is 1480. The minimum atomic E-state index is -1.05. The summed E-state index contributed by atoms with van der Waals surface area (Å²) < 4.78 is 11.6. The van der Waals surface area contributed by atoms with Gasteiger partial charge in [0.15, 0.2) is 11.6 Å². The molecule has 1 aromatic heterocycles. The number of fused-ring (bicyclic) bond motifs is 7. The van der Waals surface area contributed by atoms with E-state index in [4.69, 9.17) is 9.15 Å². The predicted octanol–water partition coefficient (Wildman–Crippen LogP) is 6.00. The summed E-state index contributed by atoms with van der Waals surface area (Å²) in [7, 11) is 0. The zero-order valence-electron chi connectivity index (χ0n) is 26.0. The van der Waals surface area contributed by atoms with Gasteiger partial charge >= 0.3 is 5.97 Å². The fourth-order valence-corrected chi connectivity index (χ4v) is 10.4. The minimum Gasteiger partial charge on any atom is -0.465 e. The second-order valence-electron chi connectivity index (χ2n) is 15.4. The van der Waals surface area contributed by atoms with Crippen LogP contribution in [0.2, 0.25) is 0 Å². The molecule has 0 spiro atoms. The Morgan fingerprint density at radius 1 is 1.07 bits per heavy atom. The first-order chi connectivity index (χ1) is 19.6. The van der Waals surface area contributed by atoms with Crippen molar-refractivity contribution in [2.75, 3.05) is 6.61 Å². The first-order valence-corrected chi connectivity index (χ1v) is 15.5. The Morgan fingerprint density at radius 3 is 2.45 bits per heavy atom. The van der Waals surface area contributed by atoms with E-state index in [0.29, 0.717) is 11.8 Å². The molecule has 0 aromatic carbocycles. The molecule has 1 aromatic rings. The van der Waals surface area contributed by atoms with Gasteiger partial charge in [-0.2, -0.15) is 5.26 Å². The quantitative estimate of drug-likeness (QED) is 0.403. The molecule has 5 aliphatic rings. The van der Waals surface area contributed by atoms with Gasteiger partial charge in [0, 0.05) is 25.2 Å². The van der Waals surface area contributed by atoms with Crippen LogP contribution in [0.4, 0.5) is 0 Å². The van der Waals surface area contributed by atoms with Gasteiger partial charge in [-0.05, 0) is 86.5 Å². The summed E-state index contributed by atoms with van der Waals surface area (Å²) in [6.45, 7) is 13.9. The van der Waals surface area contributed by atoms with Crippen LogP contribution >= 0.6 is 0 Å². The molecule has 0 N–H and O–H groups in total. The van der Waals surface area contributed by atoms with E-state index >= 15 is 0 Å². The summed E-state index contributed by atoms with van der Waals surface area (Å²) in [5.74, 6) is 0.538. The molecule has 3 saturated carbocycles. The highest BCUT2D eigenvalue weighted by Crippen LogP contribution is 2.70. The molecule has 3 unspecified atom stereocenters. The summed E-state index contributed by atoms with van der Waals surface area (Å²) in [5, 5.41) is 18.8. The Balaban J connectivity index is 1.47. The SMILES string of the molecule is CC(=O)OC[C@]1(C)C(=O)C(C#N)=C[C@]2(C)C3=CC(=O)C4C5CC(C)(C)CC[C@]5(c5nnc(C)o5)CCC4[C@]3(C)CC[C@H]21. The molecule has 8 heteroatoms. The molecule has 224 valence electrons. The third-order valence-corrected chi connectivity index (χ3v) is 12.4. The molecule has 3 fully saturated rings. The summed E-state index contributed by atoms with van der Waals surface area (Å²) in [5.41, 5.74) is -1.09. The maximum atomic E-state index is 14.5. The van der Waals surface area contributed by atoms with Gasteiger partial charge in [0.05, 0.1) is 16.4 Å². The van der Waals surface area contributed by atoms with Gasteiger partial charge in [0.1, 0.15) is 12.7 Å². The van der Waals surface area contributed by atoms with Gasteiger partial charge in [0.25, 0.3) is 0 Å². The van der Waals surface area contributed by atoms with E-state index in [1.54, 1.807) is 0 Å². The van der Waals surface area contributed by atoms with Crippen molar-refractivity contribution < 1.29 is 23.5 Å². The molecule has 1 heterocycles. The lowest BCUT2D eigenvalue weighted by Crippen LogP contribution is -2.62. The fourth-order valence-electron chi connectivity index (χ4n) is 10.4. The van der Waals surface area contributed by atoms with Crippen LogP contribution in [0, 0.1) is 63.6 Å². The van der Waals surface area contributed by atoms with Crippen LogP contribution in [-0.2, 0) is 24.5 Å². The highest BCUT2D eigenvalue weighted by atomic mass is 16.5. The normalized spacial score (nSPS) is 42.1. The van der Waals surface area contributed by atoms with Crippen molar-refractivity contribution in [3.63, 3.8) is 0 Å². The van der Waals surface area contributed by atoms with E-state index in [1.165, 1.54) is 6.92 Å². The smallest absolute Gasteiger partial charge is 0.302 e. The molecular weight excluding hydrogens is 530 g/mol. The van der Waals surface area contributed by atoms with Crippen molar-refractivity contribution in [1.82, 2.24) is 10.2 Å². The van der Waals surface area contributed by atoms with Crippen LogP contribution < -0.4 is 0 Å². The van der Waals surface area contributed by atoms with E-state index in [2.05, 4.69) is 44.0 Å². The zero-order chi connectivity index (χ0) is 30.5. The maximum absolute atomic E-state index is 14.5. The lowest BCUT2D eigenvalue weighted by molar-refractivity contribution is -0.154. The van der Waals surface area contributed by atoms with Crippen LogP contribution in [-0.4, -0.2) is 34.3 Å². The Kier molecular flexibility index (Phi) is 6.36. The number of Topliss-reactive ketones (excluding diaryl/α,β-unsaturated/α-hetero) is 1. The summed E-state index contributed by atoms with van der Waals surface area (Å²) in [6.07, 6.45) is 9.96. The molecule has 0 amide bonds. The topological polar surface area (TPSA) is 123 Å². The molecule has 42 heavy (non-hydrogen) atoms. The van der Waals surface area contributed by atoms with Crippen molar-refractivity contribution in [2.45, 2.75) is 98.8 Å². The number of esters is 1. The zero-order valence-corrected chi connectivity index (χ0v) is 26.0. The molecule has 8 atom stereocenters. The van der Waals surface area contributed by atoms with Crippen LogP contribution in [0.25, 0.3) is 0 Å². The van der Waals surface area contributed by atoms with E-state index in [1.807, 2.05) is 26.0 Å². The van der Waals surface area contributed by atoms with E-state index in [-0.39, 0.29) is 63.7 Å². The predicted molar refractivity (Wildman–Crippen MR) is 154 cm³/mol. The average molecular weight is 574 g/mol. The second-order valence-corrected chi connectivity index (χ2v) is 15.4. The lowest BCUT2D eigenvalue weighted by Gasteiger charge is -2.64. The fraction of sp³-hybridized carbons (Fsp3) is 0.706. The number of carbonyl (C=O) groups is 3. The van der Waals surface area contributed by atoms with Gasteiger partial charge in [-0.25, -0.2) is 0 Å². The number of nitriles is 1. The van der Waals surface area contributed by atoms with Crippen LogP contribution in [0.3, 0.4) is 0 Å². The Labute approximate surface area is 248 Å². The third kappa shape index (κ3) is 3.87. The number of hydrogen-bond acceptors (Lipinski definition) is 8. The largest absolute Gasteiger partial charge is 0.465 e. The number of aromatic nitrogens is 2. The van der Waals surface area contributed by atoms with Crippen LogP contribution in [0.5, 0.6) is 0 Å². The Hall–Kier alpha value is -3.08. The summed E-state index contributed by atoms with van der Waals surface area (Å²) in [4.78, 5) is 39.9. The van der Waals surface area contributed by atoms with Crippen molar-refractivity contribution >= 4 is 17.5 Å². The van der Waals surface area contributed by atoms with E-state index in [9.17, 15) is 19.6 Å². The second kappa shape index (κ2) is 9.21. The van der Waals surface area contributed by atoms with Crippen LogP contribution in [0.1, 0.15) is 98.3 Å². The highest BCUT2D eigenvalue weighted by molar-refractivity contribution is 6.05. The third-order valence-electron chi connectivity index (χ3n) is 12.4. The van der Waals surface area contributed by atoms with Crippen molar-refractivity contribution in [1.29, 1.82) is 5.26 Å². The van der Waals surface area contributed by atoms with Crippen molar-refractivity contribution in [2.24, 2.45) is 45.3 Å². The van der Waals surface area contributed by atoms with Gasteiger partial charge in [-0.3, -0.25) is 14.4 Å². The van der Waals surface area contributed by atoms with Gasteiger partial charge in [-0.15, -0.1) is 10.2 Å². The number of carbonyl (C=O) groups excluding carboxylic acids is 3. The maximum Gasteiger partial charge on any atom is 0.302 e. The van der Waals surface area contributed by atoms with E-state index < -0.39 is 16.8 Å². The molecule has 6 rings (SSSR count). The molecule has 5 aliphatic carbocycles. The standard InChI is InChI=1S/C34H43N3O5/c1-19-36-37-29(42-19)34-11-8-22-27(23(34)16-30(3,4)12-13-34)24(39)14-26-31(22,5)10-9-25-32(26,6)15-21(17-35)28(40)33(25,7)18-41-20(2)38/h14-15,22-23,25,27H,8-13,16,18H2,1-7H3/t22?,23?,25-,27?,31+,32+,33+,34-/m1/s1. The number of ether oxygens (including phenoxy) is 1. The number of allylic oxidation sites excluding steroid dienone is 4. The number of aryl methyl sites for hydroxylation is 1. The van der Waals surface area contributed by atoms with Gasteiger partial charge in [0.2, 0.25) is 11.8 Å². The van der Waals surface area contributed by atoms with Crippen molar-refractivity contribution in [3.8, 4) is 6.07 Å². The average Bonchev–Trinajstić information content (AvgIpc) is 3.37. The molecule has 0 aliphatic heterocycles. The minimum absolute atomic E-state index is 0.0757. The molecular formula is C34H43N3O5. The summed E-state index contributed by atoms with van der Waals surface area (Å²) >= 11 is 0. The first-order valence-electron chi connectivity index (χ1n) is 15.5. The van der Waals surface area contributed by atoms with Crippen molar-refractivity contribution in [3.05, 3.63) is 35.1 Å². The number of rotatable bonds is 3. The molecule has 0 bridgehead atoms. The highest BCUT2D eigenvalue weighted by Gasteiger charge is 2.67. The van der Waals surface area contributed by atoms with Gasteiger partial charge < -0.3 is 9.15 Å². The first kappa shape index (κ1) is 29.0. The Morgan fingerprint density at radius 2 is 1.81 bits per heavy atom. The summed E-state index contributed by atoms with van der Waals surface area (Å²) in [6, 6.07) is 2.14. The van der Waals surface area contributed by atoms with Crippen LogP contribution in [0.15, 0.2) is 27.7 Å². The number of hydrogen-bond donors (Lipinski definition) is 0. The van der Waals surface area contributed by atoms with Gasteiger partial charge in [-0.1, -0.05) is 39.3 Å². The molecule has 8 nitrogen and oxygen atoms in total.